The third kappa shape index (κ3) is 6.58. The molecule has 0 spiro atoms. The minimum Gasteiger partial charge on any atom is -0.467 e. The number of nitrogens with zero attached hydrogens (tertiary/aromatic N) is 2. The van der Waals surface area contributed by atoms with Gasteiger partial charge in [-0.25, -0.2) is 4.79 Å². The number of nitrogens with one attached hydrogen (secondary N) is 1. The number of carbonyl (C=O) groups excluding carboxylic acids is 2. The molecule has 0 saturated carbocycles. The maximum absolute atomic E-state index is 13.4. The van der Waals surface area contributed by atoms with Crippen molar-refractivity contribution in [3.05, 3.63) is 89.2 Å². The summed E-state index contributed by atoms with van der Waals surface area (Å²) < 4.78 is 4.89. The molecule has 1 heterocycles. The summed E-state index contributed by atoms with van der Waals surface area (Å²) in [6, 6.07) is 18.3. The average molecular weight is 486 g/mol. The number of hydrogen-bond acceptors (Lipinski definition) is 6. The third-order valence-electron chi connectivity index (χ3n) is 5.53. The minimum absolute atomic E-state index is 0.358. The summed E-state index contributed by atoms with van der Waals surface area (Å²) in [5.41, 5.74) is 5.00. The van der Waals surface area contributed by atoms with E-state index in [9.17, 15) is 14.9 Å². The van der Waals surface area contributed by atoms with Crippen molar-refractivity contribution < 1.29 is 14.3 Å². The van der Waals surface area contributed by atoms with Crippen LogP contribution in [-0.4, -0.2) is 42.0 Å². The van der Waals surface area contributed by atoms with Crippen molar-refractivity contribution in [3.63, 3.8) is 0 Å². The van der Waals surface area contributed by atoms with Crippen LogP contribution in [0.25, 0.3) is 22.8 Å². The maximum Gasteiger partial charge on any atom is 0.328 e. The van der Waals surface area contributed by atoms with E-state index in [4.69, 9.17) is 4.74 Å². The van der Waals surface area contributed by atoms with Gasteiger partial charge in [-0.2, -0.15) is 17.0 Å². The van der Waals surface area contributed by atoms with Gasteiger partial charge in [0.05, 0.1) is 18.8 Å². The van der Waals surface area contributed by atoms with E-state index < -0.39 is 12.0 Å². The van der Waals surface area contributed by atoms with Crippen molar-refractivity contribution in [2.45, 2.75) is 19.4 Å². The zero-order valence-corrected chi connectivity index (χ0v) is 20.8. The van der Waals surface area contributed by atoms with E-state index in [0.717, 1.165) is 16.7 Å². The molecule has 3 aromatic rings. The Bertz CT molecular complexity index is 1270. The Balaban J connectivity index is 2.06. The zero-order chi connectivity index (χ0) is 25.2. The fraction of sp³-hybridized carbons (Fsp3) is 0.214. The number of aromatic nitrogens is 1. The van der Waals surface area contributed by atoms with Crippen molar-refractivity contribution >= 4 is 35.3 Å². The number of amides is 1. The van der Waals surface area contributed by atoms with Gasteiger partial charge in [0, 0.05) is 23.5 Å². The lowest BCUT2D eigenvalue weighted by Crippen LogP contribution is -2.42. The maximum atomic E-state index is 13.4. The quantitative estimate of drug-likeness (QED) is 0.333. The number of pyridine rings is 1. The fourth-order valence-electron chi connectivity index (χ4n) is 3.68. The fourth-order valence-corrected chi connectivity index (χ4v) is 4.15. The Morgan fingerprint density at radius 3 is 2.63 bits per heavy atom. The lowest BCUT2D eigenvalue weighted by Gasteiger charge is -2.18. The summed E-state index contributed by atoms with van der Waals surface area (Å²) in [7, 11) is 1.31. The molecule has 0 aliphatic rings. The van der Waals surface area contributed by atoms with Crippen LogP contribution in [0.1, 0.15) is 33.5 Å². The molecular formula is C28H27N3O3S. The number of hydrogen-bond donors (Lipinski definition) is 1. The molecule has 0 radical (unpaired) electrons. The first-order valence-corrected chi connectivity index (χ1v) is 12.5. The highest BCUT2D eigenvalue weighted by atomic mass is 32.2. The van der Waals surface area contributed by atoms with Gasteiger partial charge in [0.15, 0.2) is 0 Å². The number of allylic oxidation sites excluding steroid dienone is 1. The molecule has 2 aromatic carbocycles. The van der Waals surface area contributed by atoms with Gasteiger partial charge in [0.25, 0.3) is 5.91 Å². The highest BCUT2D eigenvalue weighted by Gasteiger charge is 2.23. The second-order valence-corrected chi connectivity index (χ2v) is 8.85. The SMILES string of the molecule is COC(=O)[C@H](CCSC)NC(=O)c1ccc(/C=C(\C#N)c2cccnc2)cc1-c1ccccc1C. The lowest BCUT2D eigenvalue weighted by atomic mass is 9.92. The summed E-state index contributed by atoms with van der Waals surface area (Å²) in [4.78, 5) is 29.7. The van der Waals surface area contributed by atoms with Crippen LogP contribution in [0.2, 0.25) is 0 Å². The van der Waals surface area contributed by atoms with Gasteiger partial charge < -0.3 is 10.1 Å². The molecule has 6 nitrogen and oxygen atoms in total. The van der Waals surface area contributed by atoms with E-state index in [1.165, 1.54) is 7.11 Å². The molecule has 0 saturated heterocycles. The molecule has 7 heteroatoms. The molecule has 0 fully saturated rings. The third-order valence-corrected chi connectivity index (χ3v) is 6.17. The molecule has 0 unspecified atom stereocenters. The van der Waals surface area contributed by atoms with Crippen molar-refractivity contribution in [3.8, 4) is 17.2 Å². The molecule has 0 bridgehead atoms. The van der Waals surface area contributed by atoms with Gasteiger partial charge in [0.1, 0.15) is 6.04 Å². The largest absolute Gasteiger partial charge is 0.467 e. The molecule has 0 aliphatic carbocycles. The Morgan fingerprint density at radius 1 is 1.17 bits per heavy atom. The first-order valence-electron chi connectivity index (χ1n) is 11.1. The molecule has 0 aliphatic heterocycles. The topological polar surface area (TPSA) is 92.1 Å². The molecule has 35 heavy (non-hydrogen) atoms. The number of nitriles is 1. The number of carbonyl (C=O) groups is 2. The van der Waals surface area contributed by atoms with Crippen LogP contribution in [0, 0.1) is 18.3 Å². The van der Waals surface area contributed by atoms with Crippen LogP contribution >= 0.6 is 11.8 Å². The van der Waals surface area contributed by atoms with Gasteiger partial charge >= 0.3 is 5.97 Å². The van der Waals surface area contributed by atoms with Gasteiger partial charge in [-0.3, -0.25) is 9.78 Å². The lowest BCUT2D eigenvalue weighted by molar-refractivity contribution is -0.142. The predicted octanol–water partition coefficient (Wildman–Crippen LogP) is 5.15. The Labute approximate surface area is 210 Å². The highest BCUT2D eigenvalue weighted by Crippen LogP contribution is 2.30. The van der Waals surface area contributed by atoms with Gasteiger partial charge in [-0.1, -0.05) is 36.4 Å². The van der Waals surface area contributed by atoms with E-state index in [1.54, 1.807) is 48.4 Å². The standard InChI is InChI=1S/C28H27N3O3S/c1-19-7-4-5-9-23(19)25-16-20(15-22(17-29)21-8-6-13-30-18-21)10-11-24(25)27(32)31-26(12-14-35-3)28(33)34-2/h4-11,13,15-16,18,26H,12,14H2,1-3H3,(H,31,32)/b22-15+/t26-/m0/s1. The summed E-state index contributed by atoms with van der Waals surface area (Å²) in [5.74, 6) is -0.123. The molecular weight excluding hydrogens is 458 g/mol. The minimum atomic E-state index is -0.736. The summed E-state index contributed by atoms with van der Waals surface area (Å²) in [6.45, 7) is 1.98. The number of esters is 1. The number of ether oxygens (including phenoxy) is 1. The summed E-state index contributed by atoms with van der Waals surface area (Å²) >= 11 is 1.59. The van der Waals surface area contributed by atoms with Gasteiger partial charge in [-0.15, -0.1) is 0 Å². The van der Waals surface area contributed by atoms with Crippen molar-refractivity contribution in [1.82, 2.24) is 10.3 Å². The molecule has 1 amide bonds. The van der Waals surface area contributed by atoms with Crippen molar-refractivity contribution in [1.29, 1.82) is 5.26 Å². The summed E-state index contributed by atoms with van der Waals surface area (Å²) in [5, 5.41) is 12.5. The second kappa shape index (κ2) is 12.5. The van der Waals surface area contributed by atoms with Crippen LogP contribution in [-0.2, 0) is 9.53 Å². The first kappa shape index (κ1) is 25.7. The molecule has 1 N–H and O–H groups in total. The monoisotopic (exact) mass is 485 g/mol. The molecule has 178 valence electrons. The second-order valence-electron chi connectivity index (χ2n) is 7.86. The first-order chi connectivity index (χ1) is 17.0. The zero-order valence-electron chi connectivity index (χ0n) is 19.9. The van der Waals surface area contributed by atoms with E-state index in [2.05, 4.69) is 16.4 Å². The molecule has 3 rings (SSSR count). The highest BCUT2D eigenvalue weighted by molar-refractivity contribution is 7.98. The Hall–Kier alpha value is -3.89. The predicted molar refractivity (Wildman–Crippen MR) is 141 cm³/mol. The van der Waals surface area contributed by atoms with Crippen LogP contribution in [0.3, 0.4) is 0 Å². The van der Waals surface area contributed by atoms with Gasteiger partial charge in [-0.05, 0) is 71.9 Å². The average Bonchev–Trinajstić information content (AvgIpc) is 2.89. The molecule has 1 atom stereocenters. The number of benzene rings is 2. The normalized spacial score (nSPS) is 11.9. The van der Waals surface area contributed by atoms with E-state index in [-0.39, 0.29) is 5.91 Å². The number of aryl methyl sites for hydroxylation is 1. The van der Waals surface area contributed by atoms with Crippen LogP contribution < -0.4 is 5.32 Å². The number of rotatable bonds is 9. The summed E-state index contributed by atoms with van der Waals surface area (Å²) in [6.07, 6.45) is 7.48. The number of methoxy groups -OCH3 is 1. The Kier molecular flexibility index (Phi) is 9.22. The van der Waals surface area contributed by atoms with Crippen molar-refractivity contribution in [2.75, 3.05) is 19.1 Å². The number of thioether (sulfide) groups is 1. The van der Waals surface area contributed by atoms with Crippen LogP contribution in [0.4, 0.5) is 0 Å². The van der Waals surface area contributed by atoms with Crippen molar-refractivity contribution in [2.24, 2.45) is 0 Å². The van der Waals surface area contributed by atoms with E-state index in [1.807, 2.05) is 49.6 Å². The smallest absolute Gasteiger partial charge is 0.328 e. The van der Waals surface area contributed by atoms with Crippen LogP contribution in [0.15, 0.2) is 67.0 Å². The van der Waals surface area contributed by atoms with E-state index in [0.29, 0.717) is 34.4 Å². The van der Waals surface area contributed by atoms with Gasteiger partial charge in [0.2, 0.25) is 0 Å². The molecule has 1 aromatic heterocycles. The van der Waals surface area contributed by atoms with Crippen LogP contribution in [0.5, 0.6) is 0 Å². The van der Waals surface area contributed by atoms with E-state index >= 15 is 0 Å². The Morgan fingerprint density at radius 2 is 1.97 bits per heavy atom.